The molecular weight excluding hydrogens is 554 g/mol. The standard InChI is InChI=1S/C36H35N3O3S/c1-25-12-13-26(2)29(22-25)24-39-31-9-5-7-11-33(31)43-34(36(39)41)23-27-14-16-28(17-15-27)35(40)38-20-18-37(19-21-38)30-8-4-6-10-32(30)42-3/h4-17,22-23H,18-21,24H2,1-3H3. The van der Waals surface area contributed by atoms with Crippen LogP contribution in [0.1, 0.15) is 32.6 Å². The first kappa shape index (κ1) is 28.6. The van der Waals surface area contributed by atoms with Gasteiger partial charge in [0.05, 0.1) is 29.9 Å². The number of thioether (sulfide) groups is 1. The zero-order chi connectivity index (χ0) is 29.9. The number of fused-ring (bicyclic) bond motifs is 1. The summed E-state index contributed by atoms with van der Waals surface area (Å²) in [7, 11) is 1.68. The van der Waals surface area contributed by atoms with Crippen molar-refractivity contribution in [1.29, 1.82) is 0 Å². The van der Waals surface area contributed by atoms with Gasteiger partial charge in [0, 0.05) is 36.6 Å². The molecule has 0 bridgehead atoms. The van der Waals surface area contributed by atoms with Crippen LogP contribution in [0.25, 0.3) is 6.08 Å². The number of aryl methyl sites for hydroxylation is 2. The maximum absolute atomic E-state index is 13.8. The Morgan fingerprint density at radius 3 is 2.30 bits per heavy atom. The number of carbonyl (C=O) groups excluding carboxylic acids is 2. The third-order valence-corrected chi connectivity index (χ3v) is 9.19. The first-order chi connectivity index (χ1) is 20.9. The number of hydrogen-bond donors (Lipinski definition) is 0. The normalized spacial score (nSPS) is 15.9. The van der Waals surface area contributed by atoms with Crippen molar-refractivity contribution in [1.82, 2.24) is 4.90 Å². The molecule has 1 fully saturated rings. The topological polar surface area (TPSA) is 53.1 Å². The van der Waals surface area contributed by atoms with Crippen molar-refractivity contribution in [3.8, 4) is 5.75 Å². The van der Waals surface area contributed by atoms with E-state index in [-0.39, 0.29) is 11.8 Å². The van der Waals surface area contributed by atoms with Gasteiger partial charge in [0.15, 0.2) is 0 Å². The highest BCUT2D eigenvalue weighted by molar-refractivity contribution is 8.04. The second-order valence-electron chi connectivity index (χ2n) is 11.0. The molecule has 6 rings (SSSR count). The molecule has 0 aliphatic carbocycles. The van der Waals surface area contributed by atoms with Gasteiger partial charge in [-0.15, -0.1) is 0 Å². The van der Waals surface area contributed by atoms with E-state index in [2.05, 4.69) is 49.1 Å². The van der Waals surface area contributed by atoms with E-state index in [0.29, 0.717) is 30.1 Å². The molecule has 0 atom stereocenters. The first-order valence-corrected chi connectivity index (χ1v) is 15.4. The van der Waals surface area contributed by atoms with Crippen LogP contribution >= 0.6 is 11.8 Å². The summed E-state index contributed by atoms with van der Waals surface area (Å²) in [5, 5.41) is 0. The highest BCUT2D eigenvalue weighted by Crippen LogP contribution is 2.43. The minimum Gasteiger partial charge on any atom is -0.495 e. The molecule has 2 aliphatic heterocycles. The Bertz CT molecular complexity index is 1690. The Morgan fingerprint density at radius 2 is 1.56 bits per heavy atom. The van der Waals surface area contributed by atoms with Gasteiger partial charge in [-0.3, -0.25) is 9.59 Å². The Hall–Kier alpha value is -4.49. The molecule has 6 nitrogen and oxygen atoms in total. The van der Waals surface area contributed by atoms with E-state index in [1.807, 2.05) is 76.5 Å². The van der Waals surface area contributed by atoms with E-state index < -0.39 is 0 Å². The number of nitrogens with zero attached hydrogens (tertiary/aromatic N) is 3. The van der Waals surface area contributed by atoms with E-state index in [4.69, 9.17) is 4.74 Å². The molecule has 43 heavy (non-hydrogen) atoms. The van der Waals surface area contributed by atoms with Gasteiger partial charge in [-0.1, -0.05) is 71.9 Å². The van der Waals surface area contributed by atoms with Gasteiger partial charge in [0.25, 0.3) is 11.8 Å². The van der Waals surface area contributed by atoms with Crippen LogP contribution in [0.15, 0.2) is 101 Å². The lowest BCUT2D eigenvalue weighted by atomic mass is 10.0. The first-order valence-electron chi connectivity index (χ1n) is 14.5. The fraction of sp³-hybridized carbons (Fsp3) is 0.222. The van der Waals surface area contributed by atoms with Crippen LogP contribution < -0.4 is 14.5 Å². The van der Waals surface area contributed by atoms with Gasteiger partial charge < -0.3 is 19.4 Å². The quantitative estimate of drug-likeness (QED) is 0.228. The van der Waals surface area contributed by atoms with Crippen LogP contribution in [-0.4, -0.2) is 50.0 Å². The minimum atomic E-state index is -0.0160. The molecule has 2 aliphatic rings. The zero-order valence-corrected chi connectivity index (χ0v) is 25.6. The van der Waals surface area contributed by atoms with E-state index in [0.717, 1.165) is 46.2 Å². The second kappa shape index (κ2) is 12.4. The lowest BCUT2D eigenvalue weighted by molar-refractivity contribution is -0.114. The van der Waals surface area contributed by atoms with Gasteiger partial charge in [0.2, 0.25) is 0 Å². The number of amides is 2. The predicted molar refractivity (Wildman–Crippen MR) is 175 cm³/mol. The summed E-state index contributed by atoms with van der Waals surface area (Å²) in [4.78, 5) is 34.9. The van der Waals surface area contributed by atoms with Crippen molar-refractivity contribution in [3.63, 3.8) is 0 Å². The van der Waals surface area contributed by atoms with Crippen molar-refractivity contribution < 1.29 is 14.3 Å². The van der Waals surface area contributed by atoms with Crippen LogP contribution in [0.3, 0.4) is 0 Å². The molecule has 1 saturated heterocycles. The number of hydrogen-bond acceptors (Lipinski definition) is 5. The van der Waals surface area contributed by atoms with Crippen molar-refractivity contribution >= 4 is 41.0 Å². The molecular formula is C36H35N3O3S. The minimum absolute atomic E-state index is 0.0160. The second-order valence-corrected chi connectivity index (χ2v) is 12.1. The summed E-state index contributed by atoms with van der Waals surface area (Å²) in [5.41, 5.74) is 7.01. The highest BCUT2D eigenvalue weighted by atomic mass is 32.2. The third kappa shape index (κ3) is 6.04. The largest absolute Gasteiger partial charge is 0.495 e. The van der Waals surface area contributed by atoms with Gasteiger partial charge in [-0.25, -0.2) is 0 Å². The van der Waals surface area contributed by atoms with E-state index >= 15 is 0 Å². The summed E-state index contributed by atoms with van der Waals surface area (Å²) < 4.78 is 5.52. The van der Waals surface area contributed by atoms with Crippen LogP contribution in [0.2, 0.25) is 0 Å². The molecule has 0 N–H and O–H groups in total. The smallest absolute Gasteiger partial charge is 0.265 e. The summed E-state index contributed by atoms with van der Waals surface area (Å²) in [5.74, 6) is 0.854. The molecule has 7 heteroatoms. The fourth-order valence-electron chi connectivity index (χ4n) is 5.66. The van der Waals surface area contributed by atoms with Crippen LogP contribution in [0.4, 0.5) is 11.4 Å². The molecule has 2 amide bonds. The number of ether oxygens (including phenoxy) is 1. The van der Waals surface area contributed by atoms with E-state index in [1.165, 1.54) is 22.9 Å². The van der Waals surface area contributed by atoms with Crippen molar-refractivity contribution in [2.45, 2.75) is 25.3 Å². The Kier molecular flexibility index (Phi) is 8.25. The monoisotopic (exact) mass is 589 g/mol. The average molecular weight is 590 g/mol. The van der Waals surface area contributed by atoms with Crippen molar-refractivity contribution in [2.24, 2.45) is 0 Å². The SMILES string of the molecule is COc1ccccc1N1CCN(C(=O)c2ccc(C=C3Sc4ccccc4N(Cc4cc(C)ccc4C)C3=O)cc2)CC1. The van der Waals surface area contributed by atoms with Gasteiger partial charge in [0.1, 0.15) is 5.75 Å². The van der Waals surface area contributed by atoms with Gasteiger partial charge in [-0.05, 0) is 73.0 Å². The molecule has 4 aromatic rings. The number of methoxy groups -OCH3 is 1. The molecule has 218 valence electrons. The molecule has 2 heterocycles. The number of benzene rings is 4. The molecule has 0 spiro atoms. The lowest BCUT2D eigenvalue weighted by Crippen LogP contribution is -2.48. The summed E-state index contributed by atoms with van der Waals surface area (Å²) >= 11 is 1.50. The number of anilines is 2. The average Bonchev–Trinajstić information content (AvgIpc) is 3.04. The lowest BCUT2D eigenvalue weighted by Gasteiger charge is -2.36. The number of para-hydroxylation sites is 3. The fourth-order valence-corrected chi connectivity index (χ4v) is 6.72. The number of rotatable bonds is 6. The Morgan fingerprint density at radius 1 is 0.860 bits per heavy atom. The van der Waals surface area contributed by atoms with Crippen molar-refractivity contribution in [2.75, 3.05) is 43.1 Å². The van der Waals surface area contributed by atoms with Crippen LogP contribution in [0, 0.1) is 13.8 Å². The predicted octanol–water partition coefficient (Wildman–Crippen LogP) is 6.95. The van der Waals surface area contributed by atoms with E-state index in [9.17, 15) is 9.59 Å². The molecule has 0 aromatic heterocycles. The van der Waals surface area contributed by atoms with Gasteiger partial charge in [-0.2, -0.15) is 0 Å². The summed E-state index contributed by atoms with van der Waals surface area (Å²) in [6.07, 6.45) is 1.93. The summed E-state index contributed by atoms with van der Waals surface area (Å²) in [6, 6.07) is 30.0. The number of piperazine rings is 1. The Labute approximate surface area is 257 Å². The maximum Gasteiger partial charge on any atom is 0.265 e. The van der Waals surface area contributed by atoms with Crippen LogP contribution in [-0.2, 0) is 11.3 Å². The molecule has 4 aromatic carbocycles. The number of carbonyl (C=O) groups is 2. The summed E-state index contributed by atoms with van der Waals surface area (Å²) in [6.45, 7) is 7.45. The molecule has 0 unspecified atom stereocenters. The van der Waals surface area contributed by atoms with E-state index in [1.54, 1.807) is 7.11 Å². The molecule has 0 saturated carbocycles. The highest BCUT2D eigenvalue weighted by Gasteiger charge is 2.29. The van der Waals surface area contributed by atoms with Crippen molar-refractivity contribution in [3.05, 3.63) is 124 Å². The van der Waals surface area contributed by atoms with Crippen LogP contribution in [0.5, 0.6) is 5.75 Å². The van der Waals surface area contributed by atoms with Gasteiger partial charge >= 0.3 is 0 Å². The zero-order valence-electron chi connectivity index (χ0n) is 24.7. The maximum atomic E-state index is 13.8. The Balaban J connectivity index is 1.16. The molecule has 0 radical (unpaired) electrons. The third-order valence-electron chi connectivity index (χ3n) is 8.11.